The zero-order chi connectivity index (χ0) is 18.0. The molecule has 3 atom stereocenters. The predicted octanol–water partition coefficient (Wildman–Crippen LogP) is 3.71. The number of amides is 1. The number of carbonyl (C=O) groups excluding carboxylic acids is 1. The van der Waals surface area contributed by atoms with E-state index in [1.807, 2.05) is 16.5 Å². The number of hydrogen-bond acceptors (Lipinski definition) is 3. The van der Waals surface area contributed by atoms with Crippen molar-refractivity contribution in [1.82, 2.24) is 14.7 Å². The van der Waals surface area contributed by atoms with Gasteiger partial charge in [-0.1, -0.05) is 20.3 Å². The summed E-state index contributed by atoms with van der Waals surface area (Å²) >= 11 is 0. The average molecular weight is 348 g/mol. The van der Waals surface area contributed by atoms with Crippen LogP contribution in [-0.2, 0) is 0 Å². The van der Waals surface area contributed by atoms with Crippen LogP contribution in [-0.4, -0.2) is 44.4 Å². The molecule has 25 heavy (non-hydrogen) atoms. The molecule has 0 aromatic carbocycles. The molecule has 5 heteroatoms. The molecule has 0 unspecified atom stereocenters. The van der Waals surface area contributed by atoms with Crippen LogP contribution in [0.1, 0.15) is 87.3 Å². The van der Waals surface area contributed by atoms with Crippen LogP contribution >= 0.6 is 0 Å². The molecule has 5 nitrogen and oxygen atoms in total. The zero-order valence-corrected chi connectivity index (χ0v) is 15.9. The number of aliphatic hydroxyl groups excluding tert-OH is 1. The number of nitrogens with zero attached hydrogens (tertiary/aromatic N) is 3. The van der Waals surface area contributed by atoms with Crippen LogP contribution in [0, 0.1) is 12.8 Å². The topological polar surface area (TPSA) is 58.4 Å². The van der Waals surface area contributed by atoms with Gasteiger partial charge in [0.15, 0.2) is 0 Å². The highest BCUT2D eigenvalue weighted by molar-refractivity contribution is 5.95. The summed E-state index contributed by atoms with van der Waals surface area (Å²) in [6.45, 7) is 7.15. The lowest BCUT2D eigenvalue weighted by molar-refractivity contribution is 0.0287. The van der Waals surface area contributed by atoms with Crippen molar-refractivity contribution in [2.45, 2.75) is 90.3 Å². The van der Waals surface area contributed by atoms with Crippen molar-refractivity contribution in [2.75, 3.05) is 6.54 Å². The van der Waals surface area contributed by atoms with Crippen LogP contribution in [0.4, 0.5) is 0 Å². The van der Waals surface area contributed by atoms with Crippen molar-refractivity contribution in [3.8, 4) is 0 Å². The van der Waals surface area contributed by atoms with Gasteiger partial charge < -0.3 is 10.0 Å². The first-order valence-corrected chi connectivity index (χ1v) is 10.1. The maximum Gasteiger partial charge on any atom is 0.257 e. The van der Waals surface area contributed by atoms with Gasteiger partial charge >= 0.3 is 0 Å². The number of likely N-dealkylation sites (tertiary alicyclic amines) is 1. The molecule has 1 amide bonds. The van der Waals surface area contributed by atoms with Gasteiger partial charge in [0.2, 0.25) is 0 Å². The van der Waals surface area contributed by atoms with E-state index in [4.69, 9.17) is 0 Å². The molecular formula is C20H33N3O2. The summed E-state index contributed by atoms with van der Waals surface area (Å²) in [5.74, 6) is 0.358. The Morgan fingerprint density at radius 1 is 1.24 bits per heavy atom. The Bertz CT molecular complexity index is 594. The molecule has 1 aromatic heterocycles. The van der Waals surface area contributed by atoms with Crippen molar-refractivity contribution in [3.63, 3.8) is 0 Å². The lowest BCUT2D eigenvalue weighted by Crippen LogP contribution is -2.49. The first-order chi connectivity index (χ1) is 12.1. The largest absolute Gasteiger partial charge is 0.393 e. The summed E-state index contributed by atoms with van der Waals surface area (Å²) in [6, 6.07) is 0.546. The van der Waals surface area contributed by atoms with E-state index in [1.54, 1.807) is 6.20 Å². The van der Waals surface area contributed by atoms with Gasteiger partial charge in [-0.25, -0.2) is 0 Å². The molecule has 0 spiro atoms. The summed E-state index contributed by atoms with van der Waals surface area (Å²) in [6.07, 6.45) is 9.80. The van der Waals surface area contributed by atoms with Crippen molar-refractivity contribution in [1.29, 1.82) is 0 Å². The van der Waals surface area contributed by atoms with Crippen molar-refractivity contribution in [2.24, 2.45) is 5.92 Å². The molecule has 1 aromatic rings. The normalized spacial score (nSPS) is 27.2. The molecule has 1 aliphatic heterocycles. The van der Waals surface area contributed by atoms with Gasteiger partial charge in [0, 0.05) is 24.2 Å². The first-order valence-electron chi connectivity index (χ1n) is 10.1. The lowest BCUT2D eigenvalue weighted by atomic mass is 9.87. The molecule has 2 fully saturated rings. The minimum absolute atomic E-state index is 0.110. The second-order valence-electron chi connectivity index (χ2n) is 7.78. The molecule has 1 saturated heterocycles. The van der Waals surface area contributed by atoms with Crippen LogP contribution in [0.2, 0.25) is 0 Å². The second-order valence-corrected chi connectivity index (χ2v) is 7.78. The Kier molecular flexibility index (Phi) is 5.82. The van der Waals surface area contributed by atoms with E-state index in [0.717, 1.165) is 69.2 Å². The minimum Gasteiger partial charge on any atom is -0.393 e. The SMILES string of the molecule is CCC(CC)n1ncc(C(=O)N2CCCC[C@@H]2[C@@H]2CCC[C@@H]2O)c1C. The molecule has 0 bridgehead atoms. The third-order valence-corrected chi connectivity index (χ3v) is 6.40. The van der Waals surface area contributed by atoms with E-state index in [1.165, 1.54) is 0 Å². The van der Waals surface area contributed by atoms with Crippen molar-refractivity contribution >= 4 is 5.91 Å². The van der Waals surface area contributed by atoms with E-state index in [2.05, 4.69) is 18.9 Å². The maximum atomic E-state index is 13.3. The van der Waals surface area contributed by atoms with E-state index in [-0.39, 0.29) is 24.0 Å². The molecule has 2 aliphatic rings. The van der Waals surface area contributed by atoms with Gasteiger partial charge in [-0.05, 0) is 51.9 Å². The first kappa shape index (κ1) is 18.4. The molecule has 1 aliphatic carbocycles. The minimum atomic E-state index is -0.244. The summed E-state index contributed by atoms with van der Waals surface area (Å²) < 4.78 is 2.02. The van der Waals surface area contributed by atoms with Gasteiger partial charge in [-0.3, -0.25) is 9.48 Å². The monoisotopic (exact) mass is 347 g/mol. The maximum absolute atomic E-state index is 13.3. The predicted molar refractivity (Wildman–Crippen MR) is 98.6 cm³/mol. The van der Waals surface area contributed by atoms with Gasteiger partial charge in [0.1, 0.15) is 0 Å². The Morgan fingerprint density at radius 2 is 2.00 bits per heavy atom. The quantitative estimate of drug-likeness (QED) is 0.883. The van der Waals surface area contributed by atoms with E-state index in [9.17, 15) is 9.90 Å². The van der Waals surface area contributed by atoms with E-state index < -0.39 is 0 Å². The highest BCUT2D eigenvalue weighted by atomic mass is 16.3. The van der Waals surface area contributed by atoms with Gasteiger partial charge in [0.05, 0.1) is 23.9 Å². The van der Waals surface area contributed by atoms with Gasteiger partial charge in [-0.15, -0.1) is 0 Å². The summed E-state index contributed by atoms with van der Waals surface area (Å²) in [7, 11) is 0. The Balaban J connectivity index is 1.83. The number of aliphatic hydroxyl groups is 1. The van der Waals surface area contributed by atoms with E-state index in [0.29, 0.717) is 6.04 Å². The number of piperidine rings is 1. The molecule has 2 heterocycles. The smallest absolute Gasteiger partial charge is 0.257 e. The van der Waals surface area contributed by atoms with E-state index >= 15 is 0 Å². The number of aromatic nitrogens is 2. The lowest BCUT2D eigenvalue weighted by Gasteiger charge is -2.40. The van der Waals surface area contributed by atoms with Crippen LogP contribution in [0.3, 0.4) is 0 Å². The second kappa shape index (κ2) is 7.90. The molecule has 1 saturated carbocycles. The molecule has 1 N–H and O–H groups in total. The molecular weight excluding hydrogens is 314 g/mol. The summed E-state index contributed by atoms with van der Waals surface area (Å²) in [4.78, 5) is 15.3. The molecule has 0 radical (unpaired) electrons. The van der Waals surface area contributed by atoms with Crippen LogP contribution in [0.15, 0.2) is 6.20 Å². The summed E-state index contributed by atoms with van der Waals surface area (Å²) in [5.41, 5.74) is 1.72. The van der Waals surface area contributed by atoms with Crippen LogP contribution < -0.4 is 0 Å². The van der Waals surface area contributed by atoms with Gasteiger partial charge in [-0.2, -0.15) is 5.10 Å². The fraction of sp³-hybridized carbons (Fsp3) is 0.800. The Labute approximate surface area is 151 Å². The van der Waals surface area contributed by atoms with Gasteiger partial charge in [0.25, 0.3) is 5.91 Å². The molecule has 3 rings (SSSR count). The number of rotatable bonds is 5. The number of hydrogen-bond donors (Lipinski definition) is 1. The van der Waals surface area contributed by atoms with Crippen molar-refractivity contribution in [3.05, 3.63) is 17.5 Å². The summed E-state index contributed by atoms with van der Waals surface area (Å²) in [5, 5.41) is 14.9. The van der Waals surface area contributed by atoms with Crippen molar-refractivity contribution < 1.29 is 9.90 Å². The highest BCUT2D eigenvalue weighted by Crippen LogP contribution is 2.36. The van der Waals surface area contributed by atoms with Crippen LogP contribution in [0.25, 0.3) is 0 Å². The van der Waals surface area contributed by atoms with Crippen LogP contribution in [0.5, 0.6) is 0 Å². The average Bonchev–Trinajstić information content (AvgIpc) is 3.22. The standard InChI is InChI=1S/C20H33N3O2/c1-4-15(5-2)23-14(3)17(13-21-23)20(25)22-12-7-6-10-18(22)16-9-8-11-19(16)24/h13,15-16,18-19,24H,4-12H2,1-3H3/t16-,18+,19-/m0/s1. The fourth-order valence-corrected chi connectivity index (χ4v) is 4.86. The zero-order valence-electron chi connectivity index (χ0n) is 15.9. The third-order valence-electron chi connectivity index (χ3n) is 6.40. The number of carbonyl (C=O) groups is 1. The Hall–Kier alpha value is -1.36. The molecule has 140 valence electrons. The third kappa shape index (κ3) is 3.48. The highest BCUT2D eigenvalue weighted by Gasteiger charge is 2.39. The Morgan fingerprint density at radius 3 is 2.64 bits per heavy atom. The fourth-order valence-electron chi connectivity index (χ4n) is 4.86.